The van der Waals surface area contributed by atoms with Crippen molar-refractivity contribution in [3.63, 3.8) is 0 Å². The van der Waals surface area contributed by atoms with Crippen LogP contribution in [0.15, 0.2) is 34.4 Å². The summed E-state index contributed by atoms with van der Waals surface area (Å²) in [7, 11) is 1.40. The van der Waals surface area contributed by atoms with Crippen molar-refractivity contribution in [2.24, 2.45) is 0 Å². The first kappa shape index (κ1) is 18.9. The third kappa shape index (κ3) is 3.93. The van der Waals surface area contributed by atoms with Gasteiger partial charge in [0.05, 0.1) is 18.8 Å². The van der Waals surface area contributed by atoms with Gasteiger partial charge < -0.3 is 14.2 Å². The molecule has 3 atom stereocenters. The summed E-state index contributed by atoms with van der Waals surface area (Å²) >= 11 is 0. The number of fused-ring (bicyclic) bond motifs is 2. The minimum Gasteiger partial charge on any atom is -0.466 e. The highest BCUT2D eigenvalue weighted by Gasteiger charge is 2.50. The van der Waals surface area contributed by atoms with E-state index in [4.69, 9.17) is 14.2 Å². The molecule has 0 aromatic heterocycles. The molecule has 0 spiro atoms. The van der Waals surface area contributed by atoms with Crippen LogP contribution in [0.2, 0.25) is 0 Å². The molecule has 0 aromatic carbocycles. The Hall–Kier alpha value is -1.88. The van der Waals surface area contributed by atoms with Gasteiger partial charge in [-0.2, -0.15) is 0 Å². The number of methoxy groups -OCH3 is 1. The lowest BCUT2D eigenvalue weighted by Crippen LogP contribution is -2.13. The molecule has 142 valence electrons. The van der Waals surface area contributed by atoms with Gasteiger partial charge in [-0.1, -0.05) is 11.6 Å². The van der Waals surface area contributed by atoms with Crippen LogP contribution in [0.3, 0.4) is 0 Å². The zero-order chi connectivity index (χ0) is 18.9. The molecule has 3 aliphatic rings. The van der Waals surface area contributed by atoms with E-state index < -0.39 is 0 Å². The first-order valence-electron chi connectivity index (χ1n) is 9.37. The van der Waals surface area contributed by atoms with Gasteiger partial charge in [-0.3, -0.25) is 0 Å². The lowest BCUT2D eigenvalue weighted by Gasteiger charge is -2.14. The van der Waals surface area contributed by atoms with Crippen molar-refractivity contribution in [1.29, 1.82) is 0 Å². The second kappa shape index (κ2) is 7.39. The Balaban J connectivity index is 1.86. The lowest BCUT2D eigenvalue weighted by molar-refractivity contribution is -0.138. The van der Waals surface area contributed by atoms with E-state index in [1.165, 1.54) is 12.7 Å². The smallest absolute Gasteiger partial charge is 0.334 e. The summed E-state index contributed by atoms with van der Waals surface area (Å²) in [6.45, 7) is 6.01. The van der Waals surface area contributed by atoms with Crippen LogP contribution >= 0.6 is 0 Å². The Morgan fingerprint density at radius 1 is 1.27 bits per heavy atom. The molecule has 0 amide bonds. The molecule has 0 bridgehead atoms. The van der Waals surface area contributed by atoms with Crippen LogP contribution in [0.25, 0.3) is 0 Å². The Kier molecular flexibility index (Phi) is 5.37. The van der Waals surface area contributed by atoms with E-state index in [1.807, 2.05) is 12.2 Å². The van der Waals surface area contributed by atoms with Crippen molar-refractivity contribution in [3.05, 3.63) is 34.4 Å². The third-order valence-electron chi connectivity index (χ3n) is 5.78. The monoisotopic (exact) mass is 360 g/mol. The van der Waals surface area contributed by atoms with Gasteiger partial charge >= 0.3 is 11.9 Å². The molecule has 2 heterocycles. The molecule has 0 N–H and O–H groups in total. The predicted octanol–water partition coefficient (Wildman–Crippen LogP) is 3.79. The molecule has 0 radical (unpaired) electrons. The number of hydrogen-bond acceptors (Lipinski definition) is 5. The highest BCUT2D eigenvalue weighted by Crippen LogP contribution is 2.44. The average molecular weight is 360 g/mol. The standard InChI is InChI=1S/C21H28O5/c1-13-7-10-18-21(3,26-18)11-5-6-15(20(23)24-4)8-9-16-14(2)19(22)25-17(16)12-13/h6,12,17-18H,5,7-11H2,1-4H3/b13-12+,15-6+/t17-,18-,21-/m0/s1. The Morgan fingerprint density at radius 3 is 2.77 bits per heavy atom. The first-order chi connectivity index (χ1) is 12.3. The summed E-state index contributed by atoms with van der Waals surface area (Å²) in [5.74, 6) is -0.567. The molecule has 1 aliphatic carbocycles. The van der Waals surface area contributed by atoms with Gasteiger partial charge in [0.2, 0.25) is 0 Å². The van der Waals surface area contributed by atoms with Crippen molar-refractivity contribution >= 4 is 11.9 Å². The molecule has 26 heavy (non-hydrogen) atoms. The molecule has 2 aliphatic heterocycles. The Bertz CT molecular complexity index is 699. The maximum absolute atomic E-state index is 12.1. The van der Waals surface area contributed by atoms with Crippen LogP contribution in [0.1, 0.15) is 59.3 Å². The van der Waals surface area contributed by atoms with Gasteiger partial charge in [0.15, 0.2) is 0 Å². The lowest BCUT2D eigenvalue weighted by atomic mass is 9.92. The quantitative estimate of drug-likeness (QED) is 0.404. The van der Waals surface area contributed by atoms with Crippen molar-refractivity contribution < 1.29 is 23.8 Å². The summed E-state index contributed by atoms with van der Waals surface area (Å²) in [4.78, 5) is 24.1. The first-order valence-corrected chi connectivity index (χ1v) is 9.37. The van der Waals surface area contributed by atoms with Gasteiger partial charge in [0.1, 0.15) is 6.10 Å². The van der Waals surface area contributed by atoms with Gasteiger partial charge in [-0.15, -0.1) is 0 Å². The fourth-order valence-corrected chi connectivity index (χ4v) is 3.88. The van der Waals surface area contributed by atoms with E-state index in [-0.39, 0.29) is 29.7 Å². The van der Waals surface area contributed by atoms with E-state index in [9.17, 15) is 9.59 Å². The topological polar surface area (TPSA) is 65.1 Å². The molecule has 3 rings (SSSR count). The average Bonchev–Trinajstić information content (AvgIpc) is 3.18. The Labute approximate surface area is 155 Å². The highest BCUT2D eigenvalue weighted by molar-refractivity contribution is 5.92. The molecule has 0 aromatic rings. The van der Waals surface area contributed by atoms with Crippen LogP contribution in [0.4, 0.5) is 0 Å². The molecular formula is C21H28O5. The number of ether oxygens (including phenoxy) is 3. The predicted molar refractivity (Wildman–Crippen MR) is 97.4 cm³/mol. The van der Waals surface area contributed by atoms with Gasteiger partial charge in [0.25, 0.3) is 0 Å². The molecule has 1 fully saturated rings. The molecule has 5 nitrogen and oxygen atoms in total. The van der Waals surface area contributed by atoms with Crippen LogP contribution in [-0.2, 0) is 23.8 Å². The van der Waals surface area contributed by atoms with Crippen LogP contribution in [-0.4, -0.2) is 36.9 Å². The van der Waals surface area contributed by atoms with Crippen molar-refractivity contribution in [2.45, 2.75) is 77.1 Å². The van der Waals surface area contributed by atoms with Crippen molar-refractivity contribution in [3.8, 4) is 0 Å². The van der Waals surface area contributed by atoms with Gasteiger partial charge in [0, 0.05) is 11.1 Å². The summed E-state index contributed by atoms with van der Waals surface area (Å²) in [6, 6.07) is 0. The molecular weight excluding hydrogens is 332 g/mol. The van der Waals surface area contributed by atoms with Crippen molar-refractivity contribution in [1.82, 2.24) is 0 Å². The number of carbonyl (C=O) groups excluding carboxylic acids is 2. The van der Waals surface area contributed by atoms with E-state index in [0.717, 1.165) is 31.3 Å². The summed E-state index contributed by atoms with van der Waals surface area (Å²) in [5.41, 5.74) is 3.39. The molecule has 5 heteroatoms. The number of epoxide rings is 1. The number of esters is 2. The highest BCUT2D eigenvalue weighted by atomic mass is 16.6. The number of rotatable bonds is 1. The minimum atomic E-state index is -0.323. The summed E-state index contributed by atoms with van der Waals surface area (Å²) in [6.07, 6.45) is 8.67. The molecule has 0 saturated carbocycles. The van der Waals surface area contributed by atoms with Gasteiger partial charge in [-0.05, 0) is 70.9 Å². The van der Waals surface area contributed by atoms with Crippen molar-refractivity contribution in [2.75, 3.05) is 7.11 Å². The van der Waals surface area contributed by atoms with E-state index in [2.05, 4.69) is 13.8 Å². The van der Waals surface area contributed by atoms with E-state index in [1.54, 1.807) is 6.92 Å². The Morgan fingerprint density at radius 2 is 2.04 bits per heavy atom. The maximum atomic E-state index is 12.1. The minimum absolute atomic E-state index is 0.0936. The second-order valence-corrected chi connectivity index (χ2v) is 7.71. The van der Waals surface area contributed by atoms with Gasteiger partial charge in [-0.25, -0.2) is 9.59 Å². The summed E-state index contributed by atoms with van der Waals surface area (Å²) in [5, 5.41) is 0. The van der Waals surface area contributed by atoms with Crippen LogP contribution < -0.4 is 0 Å². The number of carbonyl (C=O) groups is 2. The van der Waals surface area contributed by atoms with Crippen LogP contribution in [0, 0.1) is 0 Å². The fraction of sp³-hybridized carbons (Fsp3) is 0.619. The zero-order valence-corrected chi connectivity index (χ0v) is 16.1. The molecule has 1 saturated heterocycles. The van der Waals surface area contributed by atoms with Crippen LogP contribution in [0.5, 0.6) is 0 Å². The molecule has 0 unspecified atom stereocenters. The fourth-order valence-electron chi connectivity index (χ4n) is 3.88. The largest absolute Gasteiger partial charge is 0.466 e. The second-order valence-electron chi connectivity index (χ2n) is 7.71. The SMILES string of the molecule is COC(=O)/C1=C/CC[C@]2(C)O[C@H]2CC/C(C)=C/[C@@H]2OC(=O)C(C)=C2CC1. The number of hydrogen-bond donors (Lipinski definition) is 0. The normalized spacial score (nSPS) is 36.5. The zero-order valence-electron chi connectivity index (χ0n) is 16.1. The van der Waals surface area contributed by atoms with E-state index >= 15 is 0 Å². The van der Waals surface area contributed by atoms with E-state index in [0.29, 0.717) is 24.0 Å². The number of allylic oxidation sites excluding steroid dienone is 2. The summed E-state index contributed by atoms with van der Waals surface area (Å²) < 4.78 is 16.4. The maximum Gasteiger partial charge on any atom is 0.334 e. The third-order valence-corrected chi connectivity index (χ3v) is 5.78.